The first kappa shape index (κ1) is 13.3. The monoisotopic (exact) mass is 248 g/mol. The minimum atomic E-state index is -0.432. The van der Waals surface area contributed by atoms with Gasteiger partial charge in [-0.05, 0) is 36.8 Å². The van der Waals surface area contributed by atoms with Gasteiger partial charge in [0.2, 0.25) is 0 Å². The van der Waals surface area contributed by atoms with Gasteiger partial charge in [-0.3, -0.25) is 4.98 Å². The molecule has 3 heteroatoms. The Balaban J connectivity index is 2.09. The average molecular weight is 248 g/mol. The van der Waals surface area contributed by atoms with Crippen molar-refractivity contribution in [2.24, 2.45) is 11.8 Å². The Bertz CT molecular complexity index is 367. The molecule has 1 saturated heterocycles. The summed E-state index contributed by atoms with van der Waals surface area (Å²) in [4.78, 5) is 6.79. The van der Waals surface area contributed by atoms with E-state index in [0.717, 1.165) is 30.6 Å². The van der Waals surface area contributed by atoms with Gasteiger partial charge in [-0.2, -0.15) is 0 Å². The number of anilines is 1. The first-order chi connectivity index (χ1) is 8.60. The quantitative estimate of drug-likeness (QED) is 0.893. The fourth-order valence-corrected chi connectivity index (χ4v) is 2.86. The lowest BCUT2D eigenvalue weighted by Gasteiger charge is -2.36. The molecule has 3 unspecified atom stereocenters. The van der Waals surface area contributed by atoms with Crippen molar-refractivity contribution in [1.29, 1.82) is 0 Å². The summed E-state index contributed by atoms with van der Waals surface area (Å²) in [5.41, 5.74) is 1.96. The summed E-state index contributed by atoms with van der Waals surface area (Å²) >= 11 is 0. The zero-order valence-corrected chi connectivity index (χ0v) is 11.6. The SMILES string of the molecule is CCC(O)c1ccc(N2CC(C)CC(C)C2)cn1. The third-order valence-corrected chi connectivity index (χ3v) is 3.73. The summed E-state index contributed by atoms with van der Waals surface area (Å²) in [6.07, 6.45) is 3.50. The maximum atomic E-state index is 9.74. The number of aromatic nitrogens is 1. The van der Waals surface area contributed by atoms with Crippen LogP contribution >= 0.6 is 0 Å². The highest BCUT2D eigenvalue weighted by Gasteiger charge is 2.22. The van der Waals surface area contributed by atoms with E-state index in [4.69, 9.17) is 0 Å². The van der Waals surface area contributed by atoms with Crippen molar-refractivity contribution in [3.63, 3.8) is 0 Å². The van der Waals surface area contributed by atoms with Crippen LogP contribution in [0.3, 0.4) is 0 Å². The van der Waals surface area contributed by atoms with E-state index in [9.17, 15) is 5.11 Å². The first-order valence-corrected chi connectivity index (χ1v) is 6.99. The zero-order chi connectivity index (χ0) is 13.1. The smallest absolute Gasteiger partial charge is 0.0957 e. The van der Waals surface area contributed by atoms with E-state index in [-0.39, 0.29) is 0 Å². The molecule has 1 N–H and O–H groups in total. The molecule has 0 bridgehead atoms. The van der Waals surface area contributed by atoms with Crippen LogP contribution in [0.2, 0.25) is 0 Å². The lowest BCUT2D eigenvalue weighted by Crippen LogP contribution is -2.38. The summed E-state index contributed by atoms with van der Waals surface area (Å²) in [6.45, 7) is 8.81. The summed E-state index contributed by atoms with van der Waals surface area (Å²) in [5.74, 6) is 1.49. The summed E-state index contributed by atoms with van der Waals surface area (Å²) in [7, 11) is 0. The molecule has 1 aromatic rings. The zero-order valence-electron chi connectivity index (χ0n) is 11.6. The molecule has 0 radical (unpaired) electrons. The molecule has 0 amide bonds. The van der Waals surface area contributed by atoms with E-state index in [2.05, 4.69) is 29.8 Å². The van der Waals surface area contributed by atoms with Gasteiger partial charge in [-0.25, -0.2) is 0 Å². The topological polar surface area (TPSA) is 36.4 Å². The van der Waals surface area contributed by atoms with Crippen LogP contribution in [-0.4, -0.2) is 23.2 Å². The minimum Gasteiger partial charge on any atom is -0.387 e. The van der Waals surface area contributed by atoms with Crippen LogP contribution in [0.25, 0.3) is 0 Å². The third kappa shape index (κ3) is 3.02. The molecule has 2 heterocycles. The molecule has 3 nitrogen and oxygen atoms in total. The Morgan fingerprint density at radius 2 is 2.00 bits per heavy atom. The Morgan fingerprint density at radius 1 is 1.33 bits per heavy atom. The number of hydrogen-bond donors (Lipinski definition) is 1. The Labute approximate surface area is 110 Å². The molecule has 0 saturated carbocycles. The highest BCUT2D eigenvalue weighted by Crippen LogP contribution is 2.26. The second-order valence-electron chi connectivity index (χ2n) is 5.72. The summed E-state index contributed by atoms with van der Waals surface area (Å²) < 4.78 is 0. The van der Waals surface area contributed by atoms with Crippen molar-refractivity contribution < 1.29 is 5.11 Å². The predicted octanol–water partition coefficient (Wildman–Crippen LogP) is 3.01. The number of nitrogens with zero attached hydrogens (tertiary/aromatic N) is 2. The van der Waals surface area contributed by atoms with Gasteiger partial charge in [0.05, 0.1) is 23.7 Å². The Kier molecular flexibility index (Phi) is 4.23. The Hall–Kier alpha value is -1.09. The highest BCUT2D eigenvalue weighted by molar-refractivity contribution is 5.45. The van der Waals surface area contributed by atoms with Gasteiger partial charge in [0.15, 0.2) is 0 Å². The van der Waals surface area contributed by atoms with Crippen LogP contribution < -0.4 is 4.90 Å². The average Bonchev–Trinajstić information content (AvgIpc) is 2.37. The van der Waals surface area contributed by atoms with Crippen molar-refractivity contribution in [2.75, 3.05) is 18.0 Å². The van der Waals surface area contributed by atoms with Gasteiger partial charge < -0.3 is 10.0 Å². The maximum Gasteiger partial charge on any atom is 0.0957 e. The normalized spacial score (nSPS) is 26.1. The molecule has 18 heavy (non-hydrogen) atoms. The fourth-order valence-electron chi connectivity index (χ4n) is 2.86. The van der Waals surface area contributed by atoms with Crippen molar-refractivity contribution in [3.8, 4) is 0 Å². The number of hydrogen-bond acceptors (Lipinski definition) is 3. The predicted molar refractivity (Wildman–Crippen MR) is 74.6 cm³/mol. The van der Waals surface area contributed by atoms with E-state index >= 15 is 0 Å². The van der Waals surface area contributed by atoms with E-state index < -0.39 is 6.10 Å². The molecule has 1 aliphatic heterocycles. The van der Waals surface area contributed by atoms with E-state index in [1.54, 1.807) is 0 Å². The molecule has 1 aromatic heterocycles. The van der Waals surface area contributed by atoms with E-state index in [0.29, 0.717) is 6.42 Å². The molecule has 3 atom stereocenters. The van der Waals surface area contributed by atoms with Gasteiger partial charge in [-0.15, -0.1) is 0 Å². The molecular formula is C15H24N2O. The minimum absolute atomic E-state index is 0.432. The van der Waals surface area contributed by atoms with Crippen LogP contribution in [0.1, 0.15) is 45.4 Å². The van der Waals surface area contributed by atoms with Crippen molar-refractivity contribution in [3.05, 3.63) is 24.0 Å². The summed E-state index contributed by atoms with van der Waals surface area (Å²) in [6, 6.07) is 4.04. The van der Waals surface area contributed by atoms with Crippen molar-refractivity contribution in [1.82, 2.24) is 4.98 Å². The number of piperidine rings is 1. The van der Waals surface area contributed by atoms with E-state index in [1.807, 2.05) is 19.2 Å². The fraction of sp³-hybridized carbons (Fsp3) is 0.667. The second-order valence-corrected chi connectivity index (χ2v) is 5.72. The third-order valence-electron chi connectivity index (χ3n) is 3.73. The van der Waals surface area contributed by atoms with Crippen LogP contribution in [0.5, 0.6) is 0 Å². The molecule has 1 fully saturated rings. The maximum absolute atomic E-state index is 9.74. The van der Waals surface area contributed by atoms with Gasteiger partial charge >= 0.3 is 0 Å². The molecular weight excluding hydrogens is 224 g/mol. The number of pyridine rings is 1. The van der Waals surface area contributed by atoms with Crippen molar-refractivity contribution in [2.45, 2.75) is 39.7 Å². The highest BCUT2D eigenvalue weighted by atomic mass is 16.3. The van der Waals surface area contributed by atoms with Gasteiger partial charge in [-0.1, -0.05) is 20.8 Å². The van der Waals surface area contributed by atoms with Crippen LogP contribution in [0.4, 0.5) is 5.69 Å². The van der Waals surface area contributed by atoms with Crippen LogP contribution in [0, 0.1) is 11.8 Å². The number of rotatable bonds is 3. The summed E-state index contributed by atoms with van der Waals surface area (Å²) in [5, 5.41) is 9.74. The lowest BCUT2D eigenvalue weighted by atomic mass is 9.91. The largest absolute Gasteiger partial charge is 0.387 e. The Morgan fingerprint density at radius 3 is 2.50 bits per heavy atom. The molecule has 1 aliphatic rings. The number of aliphatic hydroxyl groups excluding tert-OH is 1. The second kappa shape index (κ2) is 5.70. The van der Waals surface area contributed by atoms with Gasteiger partial charge in [0, 0.05) is 13.1 Å². The van der Waals surface area contributed by atoms with E-state index in [1.165, 1.54) is 12.1 Å². The lowest BCUT2D eigenvalue weighted by molar-refractivity contribution is 0.169. The van der Waals surface area contributed by atoms with Crippen LogP contribution in [0.15, 0.2) is 18.3 Å². The first-order valence-electron chi connectivity index (χ1n) is 6.99. The van der Waals surface area contributed by atoms with Gasteiger partial charge in [0.1, 0.15) is 0 Å². The van der Waals surface area contributed by atoms with Crippen molar-refractivity contribution >= 4 is 5.69 Å². The standard InChI is InChI=1S/C15H24N2O/c1-4-15(18)14-6-5-13(8-16-14)17-9-11(2)7-12(3)10-17/h5-6,8,11-12,15,18H,4,7,9-10H2,1-3H3. The molecule has 0 aliphatic carbocycles. The molecule has 0 spiro atoms. The number of aliphatic hydroxyl groups is 1. The molecule has 0 aromatic carbocycles. The molecule has 100 valence electrons. The van der Waals surface area contributed by atoms with Crippen LogP contribution in [-0.2, 0) is 0 Å². The van der Waals surface area contributed by atoms with Gasteiger partial charge in [0.25, 0.3) is 0 Å². The molecule has 2 rings (SSSR count).